The Morgan fingerprint density at radius 3 is 2.88 bits per heavy atom. The van der Waals surface area contributed by atoms with Crippen LogP contribution in [0.5, 0.6) is 0 Å². The molecule has 0 saturated heterocycles. The van der Waals surface area contributed by atoms with Crippen molar-refractivity contribution < 1.29 is 4.52 Å². The molecule has 4 rings (SSSR count). The van der Waals surface area contributed by atoms with Crippen molar-refractivity contribution in [2.75, 3.05) is 11.9 Å². The van der Waals surface area contributed by atoms with E-state index in [1.807, 2.05) is 13.8 Å². The average Bonchev–Trinajstić information content (AvgIpc) is 3.18. The van der Waals surface area contributed by atoms with Crippen LogP contribution in [-0.2, 0) is 26.1 Å². The van der Waals surface area contributed by atoms with Gasteiger partial charge in [-0.2, -0.15) is 5.10 Å². The molecular weight excluding hydrogens is 318 g/mol. The van der Waals surface area contributed by atoms with Crippen molar-refractivity contribution in [3.05, 3.63) is 52.4 Å². The fourth-order valence-electron chi connectivity index (χ4n) is 3.23. The van der Waals surface area contributed by atoms with Crippen molar-refractivity contribution in [2.24, 2.45) is 0 Å². The summed E-state index contributed by atoms with van der Waals surface area (Å²) in [6, 6.07) is 1.80. The molecule has 0 amide bonds. The number of aryl methyl sites for hydroxylation is 2. The van der Waals surface area contributed by atoms with Crippen LogP contribution >= 0.6 is 0 Å². The molecule has 8 heteroatoms. The van der Waals surface area contributed by atoms with Gasteiger partial charge in [0.05, 0.1) is 23.6 Å². The molecule has 1 aliphatic heterocycles. The van der Waals surface area contributed by atoms with Gasteiger partial charge in [0.2, 0.25) is 5.95 Å². The number of hydrogen-bond acceptors (Lipinski definition) is 7. The molecule has 0 unspecified atom stereocenters. The molecule has 8 nitrogen and oxygen atoms in total. The van der Waals surface area contributed by atoms with Crippen molar-refractivity contribution in [2.45, 2.75) is 39.9 Å². The Bertz CT molecular complexity index is 836. The summed E-state index contributed by atoms with van der Waals surface area (Å²) < 4.78 is 5.27. The summed E-state index contributed by atoms with van der Waals surface area (Å²) in [5.74, 6) is 1.52. The summed E-state index contributed by atoms with van der Waals surface area (Å²) in [4.78, 5) is 10.7. The number of anilines is 1. The van der Waals surface area contributed by atoms with Crippen molar-refractivity contribution in [1.29, 1.82) is 0 Å². The summed E-state index contributed by atoms with van der Waals surface area (Å²) in [6.07, 6.45) is 4.42. The van der Waals surface area contributed by atoms with Gasteiger partial charge in [-0.15, -0.1) is 0 Å². The first-order valence-corrected chi connectivity index (χ1v) is 8.40. The van der Waals surface area contributed by atoms with Crippen LogP contribution in [0.3, 0.4) is 0 Å². The standard InChI is InChI=1S/C17H21N7O/c1-11-14(12(2)25-23-11)9-24-7-4-13-15(21-22-16(13)10-24)8-20-17-18-5-3-6-19-17/h3,5-6H,4,7-10H2,1-2H3,(H,21,22)(H,18,19,20). The summed E-state index contributed by atoms with van der Waals surface area (Å²) in [6.45, 7) is 7.29. The van der Waals surface area contributed by atoms with E-state index in [0.717, 1.165) is 43.2 Å². The second kappa shape index (κ2) is 6.64. The Hall–Kier alpha value is -2.74. The highest BCUT2D eigenvalue weighted by molar-refractivity contribution is 5.32. The number of fused-ring (bicyclic) bond motifs is 1. The van der Waals surface area contributed by atoms with E-state index in [-0.39, 0.29) is 0 Å². The van der Waals surface area contributed by atoms with Gasteiger partial charge in [0.25, 0.3) is 0 Å². The van der Waals surface area contributed by atoms with Gasteiger partial charge >= 0.3 is 0 Å². The van der Waals surface area contributed by atoms with Gasteiger partial charge in [0.1, 0.15) is 5.76 Å². The molecule has 0 aliphatic carbocycles. The number of H-pyrrole nitrogens is 1. The Morgan fingerprint density at radius 1 is 1.28 bits per heavy atom. The molecule has 0 spiro atoms. The van der Waals surface area contributed by atoms with Crippen LogP contribution in [0.15, 0.2) is 23.0 Å². The Morgan fingerprint density at radius 2 is 2.12 bits per heavy atom. The Balaban J connectivity index is 1.42. The van der Waals surface area contributed by atoms with Crippen LogP contribution in [0, 0.1) is 13.8 Å². The molecule has 2 N–H and O–H groups in total. The predicted octanol–water partition coefficient (Wildman–Crippen LogP) is 1.97. The first-order valence-electron chi connectivity index (χ1n) is 8.40. The van der Waals surface area contributed by atoms with Crippen molar-refractivity contribution in [3.63, 3.8) is 0 Å². The minimum atomic E-state index is 0.620. The summed E-state index contributed by atoms with van der Waals surface area (Å²) in [7, 11) is 0. The molecule has 130 valence electrons. The van der Waals surface area contributed by atoms with E-state index in [2.05, 4.69) is 35.5 Å². The van der Waals surface area contributed by atoms with Crippen molar-refractivity contribution in [1.82, 2.24) is 30.2 Å². The molecule has 1 aliphatic rings. The first kappa shape index (κ1) is 15.8. The molecule has 3 aromatic rings. The lowest BCUT2D eigenvalue weighted by Gasteiger charge is -2.26. The minimum absolute atomic E-state index is 0.620. The zero-order chi connectivity index (χ0) is 17.2. The highest BCUT2D eigenvalue weighted by Crippen LogP contribution is 2.23. The number of rotatable bonds is 5. The molecule has 0 saturated carbocycles. The Kier molecular flexibility index (Phi) is 4.19. The van der Waals surface area contributed by atoms with E-state index in [1.54, 1.807) is 18.5 Å². The fourth-order valence-corrected chi connectivity index (χ4v) is 3.23. The number of aromatic nitrogens is 5. The molecule has 4 heterocycles. The summed E-state index contributed by atoms with van der Waals surface area (Å²) in [5, 5.41) is 14.9. The average molecular weight is 339 g/mol. The maximum Gasteiger partial charge on any atom is 0.222 e. The SMILES string of the molecule is Cc1noc(C)c1CN1CCc2c(CNc3ncccn3)n[nH]c2C1. The van der Waals surface area contributed by atoms with E-state index in [0.29, 0.717) is 12.5 Å². The van der Waals surface area contributed by atoms with Gasteiger partial charge in [-0.1, -0.05) is 5.16 Å². The lowest BCUT2D eigenvalue weighted by molar-refractivity contribution is 0.240. The third kappa shape index (κ3) is 3.25. The topological polar surface area (TPSA) is 95.8 Å². The van der Waals surface area contributed by atoms with Crippen molar-refractivity contribution in [3.8, 4) is 0 Å². The van der Waals surface area contributed by atoms with Gasteiger partial charge in [0.15, 0.2) is 0 Å². The third-order valence-corrected chi connectivity index (χ3v) is 4.64. The van der Waals surface area contributed by atoms with Crippen molar-refractivity contribution >= 4 is 5.95 Å². The van der Waals surface area contributed by atoms with Crippen LogP contribution in [-0.4, -0.2) is 36.8 Å². The molecule has 0 bridgehead atoms. The Labute approximate surface area is 145 Å². The van der Waals surface area contributed by atoms with Gasteiger partial charge in [0, 0.05) is 43.2 Å². The van der Waals surface area contributed by atoms with E-state index in [1.165, 1.54) is 16.8 Å². The first-order chi connectivity index (χ1) is 12.2. The van der Waals surface area contributed by atoms with Crippen LogP contribution in [0.25, 0.3) is 0 Å². The van der Waals surface area contributed by atoms with Gasteiger partial charge in [-0.3, -0.25) is 10.00 Å². The minimum Gasteiger partial charge on any atom is -0.361 e. The second-order valence-corrected chi connectivity index (χ2v) is 6.32. The lowest BCUT2D eigenvalue weighted by atomic mass is 10.0. The molecule has 0 radical (unpaired) electrons. The number of nitrogens with zero attached hydrogens (tertiary/aromatic N) is 5. The monoisotopic (exact) mass is 339 g/mol. The predicted molar refractivity (Wildman–Crippen MR) is 91.7 cm³/mol. The normalized spacial score (nSPS) is 14.5. The second-order valence-electron chi connectivity index (χ2n) is 6.32. The molecule has 0 aromatic carbocycles. The quantitative estimate of drug-likeness (QED) is 0.733. The maximum atomic E-state index is 5.27. The van der Waals surface area contributed by atoms with Crippen LogP contribution in [0.4, 0.5) is 5.95 Å². The number of hydrogen-bond donors (Lipinski definition) is 2. The van der Waals surface area contributed by atoms with Crippen LogP contribution in [0.1, 0.15) is 34.0 Å². The van der Waals surface area contributed by atoms with Gasteiger partial charge in [-0.25, -0.2) is 9.97 Å². The zero-order valence-electron chi connectivity index (χ0n) is 14.4. The lowest BCUT2D eigenvalue weighted by Crippen LogP contribution is -2.30. The third-order valence-electron chi connectivity index (χ3n) is 4.64. The largest absolute Gasteiger partial charge is 0.361 e. The van der Waals surface area contributed by atoms with E-state index in [4.69, 9.17) is 4.52 Å². The summed E-state index contributed by atoms with van der Waals surface area (Å²) in [5.41, 5.74) is 5.69. The molecular formula is C17H21N7O. The zero-order valence-corrected chi connectivity index (χ0v) is 14.4. The number of nitrogens with one attached hydrogen (secondary N) is 2. The smallest absolute Gasteiger partial charge is 0.222 e. The van der Waals surface area contributed by atoms with Gasteiger partial charge in [-0.05, 0) is 26.3 Å². The highest BCUT2D eigenvalue weighted by Gasteiger charge is 2.23. The molecule has 0 atom stereocenters. The fraction of sp³-hybridized carbons (Fsp3) is 0.412. The highest BCUT2D eigenvalue weighted by atomic mass is 16.5. The van der Waals surface area contributed by atoms with Gasteiger partial charge < -0.3 is 9.84 Å². The van der Waals surface area contributed by atoms with Crippen LogP contribution < -0.4 is 5.32 Å². The van der Waals surface area contributed by atoms with Crippen LogP contribution in [0.2, 0.25) is 0 Å². The molecule has 0 fully saturated rings. The number of aromatic amines is 1. The molecule has 25 heavy (non-hydrogen) atoms. The summed E-state index contributed by atoms with van der Waals surface area (Å²) >= 11 is 0. The van der Waals surface area contributed by atoms with E-state index < -0.39 is 0 Å². The molecule has 3 aromatic heterocycles. The maximum absolute atomic E-state index is 5.27. The van der Waals surface area contributed by atoms with E-state index in [9.17, 15) is 0 Å². The van der Waals surface area contributed by atoms with E-state index >= 15 is 0 Å².